The maximum Gasteiger partial charge on any atom is 0.225 e. The van der Waals surface area contributed by atoms with Crippen LogP contribution in [-0.2, 0) is 4.79 Å². The van der Waals surface area contributed by atoms with Crippen molar-refractivity contribution in [2.45, 2.75) is 38.5 Å². The minimum absolute atomic E-state index is 0.335. The number of nitrogens with two attached hydrogens (primary N) is 1. The monoisotopic (exact) mass is 210 g/mol. The first-order chi connectivity index (χ1) is 7.31. The highest BCUT2D eigenvalue weighted by atomic mass is 16.2. The van der Waals surface area contributed by atoms with Crippen LogP contribution in [0, 0.1) is 11.8 Å². The summed E-state index contributed by atoms with van der Waals surface area (Å²) in [6.07, 6.45) is 7.05. The third kappa shape index (κ3) is 2.51. The first kappa shape index (κ1) is 10.9. The fourth-order valence-electron chi connectivity index (χ4n) is 2.89. The molecule has 86 valence electrons. The van der Waals surface area contributed by atoms with Crippen LogP contribution >= 0.6 is 0 Å². The van der Waals surface area contributed by atoms with Gasteiger partial charge in [-0.15, -0.1) is 0 Å². The van der Waals surface area contributed by atoms with Crippen molar-refractivity contribution in [1.29, 1.82) is 0 Å². The molecule has 15 heavy (non-hydrogen) atoms. The Balaban J connectivity index is 1.88. The minimum Gasteiger partial charge on any atom is -0.342 e. The predicted molar refractivity (Wildman–Crippen MR) is 60.3 cm³/mol. The van der Waals surface area contributed by atoms with E-state index in [9.17, 15) is 4.79 Å². The number of carbonyl (C=O) groups is 1. The lowest BCUT2D eigenvalue weighted by Crippen LogP contribution is -2.44. The van der Waals surface area contributed by atoms with Gasteiger partial charge in [-0.2, -0.15) is 0 Å². The second kappa shape index (κ2) is 4.97. The van der Waals surface area contributed by atoms with E-state index in [4.69, 9.17) is 5.73 Å². The Hall–Kier alpha value is -0.570. The zero-order valence-corrected chi connectivity index (χ0v) is 9.45. The normalized spacial score (nSPS) is 28.3. The molecule has 2 fully saturated rings. The van der Waals surface area contributed by atoms with Gasteiger partial charge in [-0.05, 0) is 38.1 Å². The lowest BCUT2D eigenvalue weighted by Gasteiger charge is -2.33. The van der Waals surface area contributed by atoms with Crippen molar-refractivity contribution in [3.05, 3.63) is 0 Å². The van der Waals surface area contributed by atoms with E-state index >= 15 is 0 Å². The molecule has 3 heteroatoms. The van der Waals surface area contributed by atoms with Gasteiger partial charge in [0.1, 0.15) is 0 Å². The van der Waals surface area contributed by atoms with Crippen molar-refractivity contribution in [2.75, 3.05) is 19.6 Å². The molecule has 1 aliphatic heterocycles. The van der Waals surface area contributed by atoms with Crippen molar-refractivity contribution in [3.8, 4) is 0 Å². The summed E-state index contributed by atoms with van der Waals surface area (Å²) < 4.78 is 0. The molecule has 0 spiro atoms. The van der Waals surface area contributed by atoms with Crippen molar-refractivity contribution in [3.63, 3.8) is 0 Å². The molecule has 1 saturated heterocycles. The first-order valence-corrected chi connectivity index (χ1v) is 6.30. The van der Waals surface area contributed by atoms with E-state index < -0.39 is 0 Å². The van der Waals surface area contributed by atoms with E-state index in [1.807, 2.05) is 0 Å². The summed E-state index contributed by atoms with van der Waals surface area (Å²) in [5, 5.41) is 0. The molecule has 1 unspecified atom stereocenters. The number of nitrogens with zero attached hydrogens (tertiary/aromatic N) is 1. The molecule has 3 nitrogen and oxygen atoms in total. The van der Waals surface area contributed by atoms with Gasteiger partial charge >= 0.3 is 0 Å². The number of rotatable bonds is 2. The number of carbonyl (C=O) groups excluding carboxylic acids is 1. The van der Waals surface area contributed by atoms with Gasteiger partial charge in [-0.3, -0.25) is 4.79 Å². The van der Waals surface area contributed by atoms with E-state index in [1.165, 1.54) is 19.3 Å². The van der Waals surface area contributed by atoms with Gasteiger partial charge in [0.2, 0.25) is 5.91 Å². The van der Waals surface area contributed by atoms with Gasteiger partial charge in [-0.1, -0.05) is 12.8 Å². The number of hydrogen-bond acceptors (Lipinski definition) is 2. The smallest absolute Gasteiger partial charge is 0.225 e. The predicted octanol–water partition coefficient (Wildman–Crippen LogP) is 1.37. The molecule has 0 aromatic rings. The van der Waals surface area contributed by atoms with Crippen LogP contribution in [0.15, 0.2) is 0 Å². The quantitative estimate of drug-likeness (QED) is 0.748. The zero-order valence-electron chi connectivity index (χ0n) is 9.45. The Bertz CT molecular complexity index is 224. The van der Waals surface area contributed by atoms with Crippen LogP contribution in [0.2, 0.25) is 0 Å². The molecule has 1 aliphatic carbocycles. The molecule has 1 atom stereocenters. The number of likely N-dealkylation sites (tertiary alicyclic amines) is 1. The molecule has 0 bridgehead atoms. The third-order valence-electron chi connectivity index (χ3n) is 3.87. The van der Waals surface area contributed by atoms with Crippen LogP contribution in [0.25, 0.3) is 0 Å². The SMILES string of the molecule is NCC1CCCN(C(=O)C2CCCC2)C1. The zero-order chi connectivity index (χ0) is 10.7. The number of amides is 1. The van der Waals surface area contributed by atoms with Crippen molar-refractivity contribution in [2.24, 2.45) is 17.6 Å². The highest BCUT2D eigenvalue weighted by Crippen LogP contribution is 2.28. The van der Waals surface area contributed by atoms with Crippen LogP contribution in [0.4, 0.5) is 0 Å². The molecule has 2 rings (SSSR count). The van der Waals surface area contributed by atoms with E-state index in [2.05, 4.69) is 4.90 Å². The van der Waals surface area contributed by atoms with Gasteiger partial charge in [-0.25, -0.2) is 0 Å². The summed E-state index contributed by atoms with van der Waals surface area (Å²) in [4.78, 5) is 14.2. The van der Waals surface area contributed by atoms with Crippen LogP contribution in [-0.4, -0.2) is 30.4 Å². The standard InChI is InChI=1S/C12H22N2O/c13-8-10-4-3-7-14(9-10)12(15)11-5-1-2-6-11/h10-11H,1-9,13H2. The molecule has 0 aromatic heterocycles. The molecule has 1 saturated carbocycles. The molecule has 1 amide bonds. The maximum atomic E-state index is 12.1. The Morgan fingerprint density at radius 3 is 2.60 bits per heavy atom. The highest BCUT2D eigenvalue weighted by molar-refractivity contribution is 5.79. The molecule has 0 radical (unpaired) electrons. The van der Waals surface area contributed by atoms with Gasteiger partial charge in [0.05, 0.1) is 0 Å². The Kier molecular flexibility index (Phi) is 3.62. The van der Waals surface area contributed by atoms with E-state index in [0.717, 1.165) is 38.9 Å². The molecule has 2 aliphatic rings. The molecule has 1 heterocycles. The number of piperidine rings is 1. The average Bonchev–Trinajstić information content (AvgIpc) is 2.81. The third-order valence-corrected chi connectivity index (χ3v) is 3.87. The van der Waals surface area contributed by atoms with Crippen molar-refractivity contribution < 1.29 is 4.79 Å². The maximum absolute atomic E-state index is 12.1. The van der Waals surface area contributed by atoms with Gasteiger partial charge in [0, 0.05) is 19.0 Å². The minimum atomic E-state index is 0.335. The summed E-state index contributed by atoms with van der Waals surface area (Å²) in [6, 6.07) is 0. The Morgan fingerprint density at radius 1 is 1.20 bits per heavy atom. The Morgan fingerprint density at radius 2 is 1.93 bits per heavy atom. The molecule has 2 N–H and O–H groups in total. The van der Waals surface area contributed by atoms with Crippen molar-refractivity contribution >= 4 is 5.91 Å². The average molecular weight is 210 g/mol. The van der Waals surface area contributed by atoms with Gasteiger partial charge in [0.25, 0.3) is 0 Å². The van der Waals surface area contributed by atoms with E-state index in [-0.39, 0.29) is 0 Å². The summed E-state index contributed by atoms with van der Waals surface area (Å²) >= 11 is 0. The number of hydrogen-bond donors (Lipinski definition) is 1. The lowest BCUT2D eigenvalue weighted by atomic mass is 9.96. The van der Waals surface area contributed by atoms with Gasteiger partial charge < -0.3 is 10.6 Å². The summed E-state index contributed by atoms with van der Waals surface area (Å²) in [7, 11) is 0. The van der Waals surface area contributed by atoms with E-state index in [0.29, 0.717) is 17.7 Å². The Labute approximate surface area is 92.0 Å². The molecule has 0 aromatic carbocycles. The topological polar surface area (TPSA) is 46.3 Å². The fraction of sp³-hybridized carbons (Fsp3) is 0.917. The second-order valence-corrected chi connectivity index (χ2v) is 5.01. The van der Waals surface area contributed by atoms with E-state index in [1.54, 1.807) is 0 Å². The molecular weight excluding hydrogens is 188 g/mol. The first-order valence-electron chi connectivity index (χ1n) is 6.30. The van der Waals surface area contributed by atoms with Crippen LogP contribution < -0.4 is 5.73 Å². The summed E-state index contributed by atoms with van der Waals surface area (Å²) in [6.45, 7) is 2.60. The summed E-state index contributed by atoms with van der Waals surface area (Å²) in [5.41, 5.74) is 5.68. The molecular formula is C12H22N2O. The highest BCUT2D eigenvalue weighted by Gasteiger charge is 2.29. The van der Waals surface area contributed by atoms with Crippen LogP contribution in [0.3, 0.4) is 0 Å². The largest absolute Gasteiger partial charge is 0.342 e. The van der Waals surface area contributed by atoms with Gasteiger partial charge in [0.15, 0.2) is 0 Å². The summed E-state index contributed by atoms with van der Waals surface area (Å²) in [5.74, 6) is 1.29. The van der Waals surface area contributed by atoms with Crippen LogP contribution in [0.1, 0.15) is 38.5 Å². The second-order valence-electron chi connectivity index (χ2n) is 5.01. The lowest BCUT2D eigenvalue weighted by molar-refractivity contribution is -0.137. The van der Waals surface area contributed by atoms with Crippen LogP contribution in [0.5, 0.6) is 0 Å². The van der Waals surface area contributed by atoms with Crippen molar-refractivity contribution in [1.82, 2.24) is 4.90 Å². The fourth-order valence-corrected chi connectivity index (χ4v) is 2.89.